The van der Waals surface area contributed by atoms with E-state index in [0.29, 0.717) is 29.6 Å². The number of benzene rings is 1. The van der Waals surface area contributed by atoms with Crippen molar-refractivity contribution in [3.63, 3.8) is 0 Å². The molecule has 0 aromatic heterocycles. The summed E-state index contributed by atoms with van der Waals surface area (Å²) in [6.45, 7) is 6.52. The number of nitrogens with zero attached hydrogens (tertiary/aromatic N) is 1. The van der Waals surface area contributed by atoms with Gasteiger partial charge in [0.1, 0.15) is 0 Å². The lowest BCUT2D eigenvalue weighted by Crippen LogP contribution is -2.34. The molecular weight excluding hydrogens is 298 g/mol. The van der Waals surface area contributed by atoms with Gasteiger partial charge in [0.25, 0.3) is 0 Å². The summed E-state index contributed by atoms with van der Waals surface area (Å²) in [6.07, 6.45) is 0.925. The van der Waals surface area contributed by atoms with Crippen LogP contribution in [0.1, 0.15) is 32.8 Å². The molecule has 1 N–H and O–H groups in total. The molecule has 4 nitrogen and oxygen atoms in total. The summed E-state index contributed by atoms with van der Waals surface area (Å²) < 4.78 is 26.7. The highest BCUT2D eigenvalue weighted by Gasteiger charge is 2.24. The van der Waals surface area contributed by atoms with Crippen LogP contribution in [0.3, 0.4) is 0 Å². The van der Waals surface area contributed by atoms with Crippen LogP contribution in [0.25, 0.3) is 0 Å². The molecule has 6 heteroatoms. The molecule has 0 fully saturated rings. The summed E-state index contributed by atoms with van der Waals surface area (Å²) in [6, 6.07) is 4.43. The Bertz CT molecular complexity index is 545. The van der Waals surface area contributed by atoms with E-state index in [9.17, 15) is 13.5 Å². The van der Waals surface area contributed by atoms with E-state index in [1.165, 1.54) is 22.5 Å². The molecule has 1 atom stereocenters. The fourth-order valence-electron chi connectivity index (χ4n) is 1.86. The summed E-state index contributed by atoms with van der Waals surface area (Å²) in [5.41, 5.74) is 0.423. The minimum Gasteiger partial charge on any atom is -0.392 e. The van der Waals surface area contributed by atoms with Gasteiger partial charge in [-0.25, -0.2) is 8.42 Å². The maximum Gasteiger partial charge on any atom is 0.243 e. The Kier molecular flexibility index (Phi) is 6.45. The van der Waals surface area contributed by atoms with E-state index >= 15 is 0 Å². The van der Waals surface area contributed by atoms with Gasteiger partial charge >= 0.3 is 0 Å². The van der Waals surface area contributed by atoms with E-state index in [1.807, 2.05) is 20.8 Å². The van der Waals surface area contributed by atoms with Gasteiger partial charge in [0.2, 0.25) is 10.0 Å². The summed E-state index contributed by atoms with van der Waals surface area (Å²) in [5, 5.41) is 9.57. The lowest BCUT2D eigenvalue weighted by molar-refractivity contribution is 0.281. The van der Waals surface area contributed by atoms with E-state index in [0.717, 1.165) is 6.42 Å². The molecule has 114 valence electrons. The largest absolute Gasteiger partial charge is 0.392 e. The molecule has 0 aliphatic heterocycles. The number of aliphatic hydroxyl groups is 1. The van der Waals surface area contributed by atoms with Crippen molar-refractivity contribution in [3.8, 4) is 0 Å². The maximum atomic E-state index is 12.6. The number of halogens is 1. The fourth-order valence-corrected chi connectivity index (χ4v) is 3.65. The third-order valence-electron chi connectivity index (χ3n) is 3.39. The summed E-state index contributed by atoms with van der Waals surface area (Å²) in [5.74, 6) is 0.300. The third kappa shape index (κ3) is 3.95. The van der Waals surface area contributed by atoms with Gasteiger partial charge in [0, 0.05) is 18.1 Å². The zero-order valence-electron chi connectivity index (χ0n) is 12.1. The van der Waals surface area contributed by atoms with Crippen LogP contribution >= 0.6 is 11.6 Å². The highest BCUT2D eigenvalue weighted by Crippen LogP contribution is 2.23. The molecule has 0 saturated carbocycles. The van der Waals surface area contributed by atoms with Gasteiger partial charge in [0.15, 0.2) is 0 Å². The van der Waals surface area contributed by atoms with Gasteiger partial charge in [-0.1, -0.05) is 38.8 Å². The standard InChI is InChI=1S/C14H22ClNO3S/c1-4-11(3)9-16(5-2)20(18,19)13-6-7-14(15)12(8-13)10-17/h6-8,11,17H,4-5,9-10H2,1-3H3. The molecule has 0 spiro atoms. The molecule has 0 amide bonds. The zero-order valence-corrected chi connectivity index (χ0v) is 13.7. The van der Waals surface area contributed by atoms with Crippen molar-refractivity contribution in [2.45, 2.75) is 38.7 Å². The number of hydrogen-bond acceptors (Lipinski definition) is 3. The minimum absolute atomic E-state index is 0.177. The van der Waals surface area contributed by atoms with Crippen molar-refractivity contribution in [3.05, 3.63) is 28.8 Å². The van der Waals surface area contributed by atoms with Gasteiger partial charge in [-0.15, -0.1) is 0 Å². The molecule has 1 aromatic rings. The van der Waals surface area contributed by atoms with E-state index < -0.39 is 10.0 Å². The maximum absolute atomic E-state index is 12.6. The SMILES string of the molecule is CCC(C)CN(CC)S(=O)(=O)c1ccc(Cl)c(CO)c1. The lowest BCUT2D eigenvalue weighted by atomic mass is 10.1. The van der Waals surface area contributed by atoms with Gasteiger partial charge in [-0.2, -0.15) is 4.31 Å². The summed E-state index contributed by atoms with van der Waals surface area (Å²) in [4.78, 5) is 0.177. The van der Waals surface area contributed by atoms with Gasteiger partial charge < -0.3 is 5.11 Å². The first-order chi connectivity index (χ1) is 9.36. The van der Waals surface area contributed by atoms with Gasteiger partial charge in [-0.3, -0.25) is 0 Å². The molecule has 0 bridgehead atoms. The van der Waals surface area contributed by atoms with Crippen LogP contribution in [0.2, 0.25) is 5.02 Å². The van der Waals surface area contributed by atoms with Crippen molar-refractivity contribution in [1.29, 1.82) is 0 Å². The molecule has 1 aromatic carbocycles. The molecule has 0 radical (unpaired) electrons. The smallest absolute Gasteiger partial charge is 0.243 e. The molecule has 0 aliphatic carbocycles. The average Bonchev–Trinajstić information content (AvgIpc) is 2.44. The Balaban J connectivity index is 3.13. The monoisotopic (exact) mass is 319 g/mol. The highest BCUT2D eigenvalue weighted by atomic mass is 35.5. The van der Waals surface area contributed by atoms with Crippen LogP contribution in [-0.4, -0.2) is 30.9 Å². The van der Waals surface area contributed by atoms with Crippen LogP contribution < -0.4 is 0 Å². The van der Waals surface area contributed by atoms with Crippen LogP contribution in [0, 0.1) is 5.92 Å². The number of hydrogen-bond donors (Lipinski definition) is 1. The second-order valence-corrected chi connectivity index (χ2v) is 7.23. The van der Waals surface area contributed by atoms with Crippen molar-refractivity contribution in [2.75, 3.05) is 13.1 Å². The average molecular weight is 320 g/mol. The van der Waals surface area contributed by atoms with E-state index in [2.05, 4.69) is 0 Å². The van der Waals surface area contributed by atoms with Gasteiger partial charge in [0.05, 0.1) is 11.5 Å². The Morgan fingerprint density at radius 3 is 2.50 bits per heavy atom. The molecule has 0 heterocycles. The molecule has 1 unspecified atom stereocenters. The van der Waals surface area contributed by atoms with Gasteiger partial charge in [-0.05, 0) is 29.7 Å². The second kappa shape index (κ2) is 7.41. The van der Waals surface area contributed by atoms with E-state index in [1.54, 1.807) is 0 Å². The Labute approximate surface area is 126 Å². The lowest BCUT2D eigenvalue weighted by Gasteiger charge is -2.23. The normalized spacial score (nSPS) is 13.7. The van der Waals surface area contributed by atoms with Crippen LogP contribution in [0.15, 0.2) is 23.1 Å². The first-order valence-corrected chi connectivity index (χ1v) is 8.58. The predicted molar refractivity (Wildman–Crippen MR) is 81.3 cm³/mol. The molecule has 20 heavy (non-hydrogen) atoms. The van der Waals surface area contributed by atoms with Crippen molar-refractivity contribution in [2.24, 2.45) is 5.92 Å². The van der Waals surface area contributed by atoms with Crippen molar-refractivity contribution >= 4 is 21.6 Å². The highest BCUT2D eigenvalue weighted by molar-refractivity contribution is 7.89. The third-order valence-corrected chi connectivity index (χ3v) is 5.70. The molecule has 1 rings (SSSR count). The van der Waals surface area contributed by atoms with E-state index in [4.69, 9.17) is 11.6 Å². The second-order valence-electron chi connectivity index (χ2n) is 4.88. The fraction of sp³-hybridized carbons (Fsp3) is 0.571. The zero-order chi connectivity index (χ0) is 15.3. The predicted octanol–water partition coefficient (Wildman–Crippen LogP) is 2.89. The summed E-state index contributed by atoms with van der Waals surface area (Å²) >= 11 is 5.90. The molecule has 0 aliphatic rings. The van der Waals surface area contributed by atoms with Crippen LogP contribution in [0.5, 0.6) is 0 Å². The summed E-state index contributed by atoms with van der Waals surface area (Å²) in [7, 11) is -3.54. The number of rotatable bonds is 7. The van der Waals surface area contributed by atoms with Crippen LogP contribution in [0.4, 0.5) is 0 Å². The Morgan fingerprint density at radius 2 is 2.00 bits per heavy atom. The molecule has 0 saturated heterocycles. The van der Waals surface area contributed by atoms with Crippen molar-refractivity contribution < 1.29 is 13.5 Å². The number of sulfonamides is 1. The van der Waals surface area contributed by atoms with Crippen molar-refractivity contribution in [1.82, 2.24) is 4.31 Å². The van der Waals surface area contributed by atoms with Crippen LogP contribution in [-0.2, 0) is 16.6 Å². The quantitative estimate of drug-likeness (QED) is 0.840. The Hall–Kier alpha value is -0.620. The Morgan fingerprint density at radius 1 is 1.35 bits per heavy atom. The first-order valence-electron chi connectivity index (χ1n) is 6.76. The van der Waals surface area contributed by atoms with E-state index in [-0.39, 0.29) is 11.5 Å². The number of aliphatic hydroxyl groups excluding tert-OH is 1. The first kappa shape index (κ1) is 17.4. The molecular formula is C14H22ClNO3S. The minimum atomic E-state index is -3.54. The topological polar surface area (TPSA) is 57.6 Å².